The minimum atomic E-state index is 0.639. The van der Waals surface area contributed by atoms with Gasteiger partial charge in [-0.2, -0.15) is 0 Å². The molecule has 3 aliphatic carbocycles. The molecule has 0 heteroatoms. The number of rotatable bonds is 0. The predicted octanol–water partition coefficient (Wildman–Crippen LogP) is 4.49. The Hall–Kier alpha value is 0. The first-order chi connectivity index (χ1) is 7.00. The van der Waals surface area contributed by atoms with Crippen molar-refractivity contribution in [1.82, 2.24) is 0 Å². The van der Waals surface area contributed by atoms with E-state index in [1.54, 1.807) is 6.42 Å². The summed E-state index contributed by atoms with van der Waals surface area (Å²) < 4.78 is 0. The van der Waals surface area contributed by atoms with Gasteiger partial charge in [0.25, 0.3) is 0 Å². The Bertz CT molecular complexity index is 278. The Morgan fingerprint density at radius 3 is 2.47 bits per heavy atom. The molecule has 0 radical (unpaired) electrons. The first-order valence-electron chi connectivity index (χ1n) is 7.00. The molecule has 3 fully saturated rings. The lowest BCUT2D eigenvalue weighted by Crippen LogP contribution is -2.46. The van der Waals surface area contributed by atoms with Crippen molar-refractivity contribution in [3.8, 4) is 0 Å². The average molecular weight is 206 g/mol. The third-order valence-corrected chi connectivity index (χ3v) is 6.95. The van der Waals surface area contributed by atoms with Crippen molar-refractivity contribution < 1.29 is 0 Å². The van der Waals surface area contributed by atoms with Gasteiger partial charge in [0.2, 0.25) is 0 Å². The lowest BCUT2D eigenvalue weighted by atomic mass is 9.52. The second kappa shape index (κ2) is 2.81. The first-order valence-corrected chi connectivity index (χ1v) is 7.00. The van der Waals surface area contributed by atoms with E-state index in [0.717, 1.165) is 29.1 Å². The number of hydrogen-bond donors (Lipinski definition) is 0. The first kappa shape index (κ1) is 10.2. The fourth-order valence-corrected chi connectivity index (χ4v) is 6.02. The van der Waals surface area contributed by atoms with Gasteiger partial charge in [-0.15, -0.1) is 0 Å². The lowest BCUT2D eigenvalue weighted by molar-refractivity contribution is -0.0406. The zero-order valence-electron chi connectivity index (χ0n) is 10.8. The zero-order chi connectivity index (χ0) is 10.8. The minimum Gasteiger partial charge on any atom is -0.0622 e. The molecule has 2 bridgehead atoms. The summed E-state index contributed by atoms with van der Waals surface area (Å²) in [5, 5.41) is 0. The Kier molecular flexibility index (Phi) is 1.91. The second-order valence-corrected chi connectivity index (χ2v) is 7.30. The summed E-state index contributed by atoms with van der Waals surface area (Å²) in [4.78, 5) is 0. The van der Waals surface area contributed by atoms with Crippen LogP contribution in [0, 0.1) is 34.5 Å². The zero-order valence-corrected chi connectivity index (χ0v) is 10.8. The third kappa shape index (κ3) is 0.953. The van der Waals surface area contributed by atoms with Crippen LogP contribution in [0.5, 0.6) is 0 Å². The fraction of sp³-hybridized carbons (Fsp3) is 1.00. The summed E-state index contributed by atoms with van der Waals surface area (Å²) in [6.07, 6.45) is 7.61. The second-order valence-electron chi connectivity index (χ2n) is 7.30. The van der Waals surface area contributed by atoms with Gasteiger partial charge in [-0.3, -0.25) is 0 Å². The van der Waals surface area contributed by atoms with Crippen LogP contribution in [0.4, 0.5) is 0 Å². The van der Waals surface area contributed by atoms with Gasteiger partial charge in [-0.25, -0.2) is 0 Å². The molecule has 3 aliphatic rings. The van der Waals surface area contributed by atoms with E-state index in [9.17, 15) is 0 Å². The van der Waals surface area contributed by atoms with E-state index >= 15 is 0 Å². The topological polar surface area (TPSA) is 0 Å². The minimum absolute atomic E-state index is 0.639. The normalized spacial score (nSPS) is 56.8. The molecule has 0 aromatic heterocycles. The summed E-state index contributed by atoms with van der Waals surface area (Å²) in [5.41, 5.74) is 1.37. The molecule has 0 heterocycles. The van der Waals surface area contributed by atoms with Crippen LogP contribution in [0.3, 0.4) is 0 Å². The average Bonchev–Trinajstić information content (AvgIpc) is 2.53. The number of hydrogen-bond acceptors (Lipinski definition) is 0. The fourth-order valence-electron chi connectivity index (χ4n) is 6.02. The van der Waals surface area contributed by atoms with E-state index in [1.807, 2.05) is 0 Å². The summed E-state index contributed by atoms with van der Waals surface area (Å²) in [5.74, 6) is 4.10. The molecule has 0 aromatic rings. The highest BCUT2D eigenvalue weighted by molar-refractivity contribution is 5.15. The molecule has 0 nitrogen and oxygen atoms in total. The Balaban J connectivity index is 2.10. The molecule has 0 unspecified atom stereocenters. The molecule has 0 N–H and O–H groups in total. The van der Waals surface area contributed by atoms with Gasteiger partial charge in [-0.05, 0) is 66.6 Å². The Morgan fingerprint density at radius 1 is 1.00 bits per heavy atom. The van der Waals surface area contributed by atoms with Gasteiger partial charge in [-0.1, -0.05) is 27.7 Å². The van der Waals surface area contributed by atoms with Crippen molar-refractivity contribution in [2.75, 3.05) is 0 Å². The summed E-state index contributed by atoms with van der Waals surface area (Å²) in [6.45, 7) is 10.2. The van der Waals surface area contributed by atoms with E-state index in [2.05, 4.69) is 27.7 Å². The van der Waals surface area contributed by atoms with Crippen molar-refractivity contribution in [3.63, 3.8) is 0 Å². The maximum atomic E-state index is 2.59. The van der Waals surface area contributed by atoms with Crippen molar-refractivity contribution in [3.05, 3.63) is 0 Å². The molecule has 1 spiro atoms. The standard InChI is InChI=1S/C15H26/c1-10-7-8-15-11(2)5-6-12(9-13(10)15)14(15,3)4/h10-13H,5-9H2,1-4H3/t10-,11+,12+,13+,15-/m1/s1. The smallest absolute Gasteiger partial charge is 0.0187 e. The molecule has 5 atom stereocenters. The van der Waals surface area contributed by atoms with E-state index in [1.165, 1.54) is 25.7 Å². The third-order valence-electron chi connectivity index (χ3n) is 6.95. The Labute approximate surface area is 94.8 Å². The monoisotopic (exact) mass is 206 g/mol. The van der Waals surface area contributed by atoms with Crippen molar-refractivity contribution >= 4 is 0 Å². The van der Waals surface area contributed by atoms with Crippen LogP contribution < -0.4 is 0 Å². The summed E-state index contributed by atoms with van der Waals surface area (Å²) in [7, 11) is 0. The van der Waals surface area contributed by atoms with E-state index < -0.39 is 0 Å². The highest BCUT2D eigenvalue weighted by Gasteiger charge is 2.66. The Morgan fingerprint density at radius 2 is 1.73 bits per heavy atom. The molecule has 3 rings (SSSR count). The maximum Gasteiger partial charge on any atom is -0.0187 e. The predicted molar refractivity (Wildman–Crippen MR) is 64.6 cm³/mol. The summed E-state index contributed by atoms with van der Waals surface area (Å²) in [6, 6.07) is 0. The summed E-state index contributed by atoms with van der Waals surface area (Å²) >= 11 is 0. The molecular formula is C15H26. The molecule has 3 saturated carbocycles. The van der Waals surface area contributed by atoms with Gasteiger partial charge in [0.15, 0.2) is 0 Å². The quantitative estimate of drug-likeness (QED) is 0.547. The van der Waals surface area contributed by atoms with Crippen molar-refractivity contribution in [2.45, 2.75) is 59.8 Å². The van der Waals surface area contributed by atoms with Gasteiger partial charge >= 0.3 is 0 Å². The lowest BCUT2D eigenvalue weighted by Gasteiger charge is -2.52. The highest BCUT2D eigenvalue weighted by Crippen LogP contribution is 2.74. The van der Waals surface area contributed by atoms with Gasteiger partial charge in [0.1, 0.15) is 0 Å². The number of fused-ring (bicyclic) bond motifs is 1. The van der Waals surface area contributed by atoms with Crippen LogP contribution >= 0.6 is 0 Å². The van der Waals surface area contributed by atoms with Crippen molar-refractivity contribution in [2.24, 2.45) is 34.5 Å². The van der Waals surface area contributed by atoms with Crippen LogP contribution in [0.25, 0.3) is 0 Å². The van der Waals surface area contributed by atoms with Gasteiger partial charge < -0.3 is 0 Å². The SMILES string of the molecule is C[C@@H]1CC[C@@]23[C@@H](C)CC[C@@H](C[C@@H]12)C3(C)C. The van der Waals surface area contributed by atoms with Gasteiger partial charge in [0.05, 0.1) is 0 Å². The molecule has 0 saturated heterocycles. The largest absolute Gasteiger partial charge is 0.0622 e. The molecule has 0 aliphatic heterocycles. The van der Waals surface area contributed by atoms with Crippen LogP contribution in [0.1, 0.15) is 59.8 Å². The van der Waals surface area contributed by atoms with E-state index in [4.69, 9.17) is 0 Å². The van der Waals surface area contributed by atoms with Crippen LogP contribution in [-0.4, -0.2) is 0 Å². The molecule has 0 aromatic carbocycles. The van der Waals surface area contributed by atoms with Gasteiger partial charge in [0, 0.05) is 0 Å². The van der Waals surface area contributed by atoms with E-state index in [-0.39, 0.29) is 0 Å². The highest BCUT2D eigenvalue weighted by atomic mass is 14.7. The molecule has 15 heavy (non-hydrogen) atoms. The van der Waals surface area contributed by atoms with Crippen molar-refractivity contribution in [1.29, 1.82) is 0 Å². The van der Waals surface area contributed by atoms with Crippen LogP contribution in [-0.2, 0) is 0 Å². The molecule has 0 amide bonds. The van der Waals surface area contributed by atoms with Crippen LogP contribution in [0.15, 0.2) is 0 Å². The van der Waals surface area contributed by atoms with Crippen LogP contribution in [0.2, 0.25) is 0 Å². The molecule has 86 valence electrons. The van der Waals surface area contributed by atoms with E-state index in [0.29, 0.717) is 5.41 Å². The molecular weight excluding hydrogens is 180 g/mol. The maximum absolute atomic E-state index is 2.59.